The SMILES string of the molecule is Cl.Cl.Cl.Cl.NC1CCC(N)CC1.NC1CCC(N)CC1. The Morgan fingerprint density at radius 3 is 0.550 bits per heavy atom. The summed E-state index contributed by atoms with van der Waals surface area (Å²) in [5.74, 6) is 0. The van der Waals surface area contributed by atoms with Gasteiger partial charge in [-0.1, -0.05) is 0 Å². The van der Waals surface area contributed by atoms with Gasteiger partial charge in [-0.05, 0) is 51.4 Å². The van der Waals surface area contributed by atoms with Crippen LogP contribution in [0.5, 0.6) is 0 Å². The third-order valence-electron chi connectivity index (χ3n) is 3.63. The minimum absolute atomic E-state index is 0. The first-order valence-electron chi connectivity index (χ1n) is 6.60. The molecule has 20 heavy (non-hydrogen) atoms. The first-order valence-corrected chi connectivity index (χ1v) is 6.60. The largest absolute Gasteiger partial charge is 0.328 e. The molecule has 2 aliphatic carbocycles. The molecule has 0 aromatic heterocycles. The summed E-state index contributed by atoms with van der Waals surface area (Å²) >= 11 is 0. The van der Waals surface area contributed by atoms with Crippen LogP contribution in [0, 0.1) is 0 Å². The Morgan fingerprint density at radius 1 is 0.350 bits per heavy atom. The van der Waals surface area contributed by atoms with Crippen molar-refractivity contribution >= 4 is 49.6 Å². The molecular weight excluding hydrogens is 342 g/mol. The van der Waals surface area contributed by atoms with Crippen molar-refractivity contribution < 1.29 is 0 Å². The molecule has 0 amide bonds. The van der Waals surface area contributed by atoms with Crippen LogP contribution < -0.4 is 22.9 Å². The Hall–Kier alpha value is 1.000. The van der Waals surface area contributed by atoms with Crippen LogP contribution in [0.15, 0.2) is 0 Å². The van der Waals surface area contributed by atoms with Gasteiger partial charge in [0.2, 0.25) is 0 Å². The molecule has 8 heteroatoms. The van der Waals surface area contributed by atoms with Gasteiger partial charge >= 0.3 is 0 Å². The molecule has 0 spiro atoms. The highest BCUT2D eigenvalue weighted by Crippen LogP contribution is 2.14. The van der Waals surface area contributed by atoms with Gasteiger partial charge in [0, 0.05) is 24.2 Å². The van der Waals surface area contributed by atoms with E-state index in [0.717, 1.165) is 51.4 Å². The third-order valence-corrected chi connectivity index (χ3v) is 3.63. The summed E-state index contributed by atoms with van der Waals surface area (Å²) in [4.78, 5) is 0. The molecule has 0 aromatic rings. The Bertz CT molecular complexity index is 144. The van der Waals surface area contributed by atoms with Gasteiger partial charge in [0.25, 0.3) is 0 Å². The Kier molecular flexibility index (Phi) is 23.8. The van der Waals surface area contributed by atoms with Gasteiger partial charge < -0.3 is 22.9 Å². The predicted molar refractivity (Wildman–Crippen MR) is 97.8 cm³/mol. The number of nitrogens with two attached hydrogens (primary N) is 4. The van der Waals surface area contributed by atoms with E-state index in [1.54, 1.807) is 0 Å². The molecule has 4 nitrogen and oxygen atoms in total. The minimum Gasteiger partial charge on any atom is -0.328 e. The maximum absolute atomic E-state index is 5.64. The van der Waals surface area contributed by atoms with Gasteiger partial charge in [-0.25, -0.2) is 0 Å². The van der Waals surface area contributed by atoms with Crippen molar-refractivity contribution in [3.63, 3.8) is 0 Å². The molecule has 0 aromatic carbocycles. The van der Waals surface area contributed by atoms with Crippen molar-refractivity contribution in [1.29, 1.82) is 0 Å². The number of hydrogen-bond acceptors (Lipinski definition) is 4. The third kappa shape index (κ3) is 14.0. The topological polar surface area (TPSA) is 104 Å². The summed E-state index contributed by atoms with van der Waals surface area (Å²) in [5.41, 5.74) is 22.6. The fourth-order valence-electron chi connectivity index (χ4n) is 2.29. The monoisotopic (exact) mass is 372 g/mol. The van der Waals surface area contributed by atoms with Crippen LogP contribution >= 0.6 is 49.6 Å². The van der Waals surface area contributed by atoms with Crippen LogP contribution in [-0.2, 0) is 0 Å². The number of hydrogen-bond donors (Lipinski definition) is 4. The second-order valence-corrected chi connectivity index (χ2v) is 5.35. The first-order chi connectivity index (χ1) is 7.58. The van der Waals surface area contributed by atoms with E-state index < -0.39 is 0 Å². The van der Waals surface area contributed by atoms with Gasteiger partial charge in [0.15, 0.2) is 0 Å². The number of halogens is 4. The maximum Gasteiger partial charge on any atom is 0.00399 e. The molecule has 0 unspecified atom stereocenters. The minimum atomic E-state index is 0. The first kappa shape index (κ1) is 29.1. The average Bonchev–Trinajstić information content (AvgIpc) is 2.28. The van der Waals surface area contributed by atoms with Gasteiger partial charge in [-0.3, -0.25) is 0 Å². The van der Waals surface area contributed by atoms with Crippen molar-refractivity contribution in [2.75, 3.05) is 0 Å². The molecule has 2 fully saturated rings. The molecule has 2 saturated carbocycles. The fourth-order valence-corrected chi connectivity index (χ4v) is 2.29. The molecule has 2 rings (SSSR count). The molecule has 0 heterocycles. The molecule has 0 atom stereocenters. The lowest BCUT2D eigenvalue weighted by molar-refractivity contribution is 0.395. The highest BCUT2D eigenvalue weighted by molar-refractivity contribution is 5.86. The summed E-state index contributed by atoms with van der Waals surface area (Å²) < 4.78 is 0. The number of rotatable bonds is 0. The molecule has 0 bridgehead atoms. The lowest BCUT2D eigenvalue weighted by atomic mass is 9.93. The smallest absolute Gasteiger partial charge is 0.00399 e. The lowest BCUT2D eigenvalue weighted by Gasteiger charge is -2.22. The Morgan fingerprint density at radius 2 is 0.450 bits per heavy atom. The molecule has 0 aliphatic heterocycles. The lowest BCUT2D eigenvalue weighted by Crippen LogP contribution is -2.33. The zero-order chi connectivity index (χ0) is 12.0. The normalized spacial score (nSPS) is 31.8. The van der Waals surface area contributed by atoms with Crippen molar-refractivity contribution in [2.45, 2.75) is 75.5 Å². The van der Waals surface area contributed by atoms with Crippen LogP contribution in [0.1, 0.15) is 51.4 Å². The van der Waals surface area contributed by atoms with E-state index in [4.69, 9.17) is 22.9 Å². The molecule has 128 valence electrons. The summed E-state index contributed by atoms with van der Waals surface area (Å²) in [6, 6.07) is 1.76. The molecule has 2 aliphatic rings. The summed E-state index contributed by atoms with van der Waals surface area (Å²) in [6.07, 6.45) is 9.01. The molecule has 0 saturated heterocycles. The van der Waals surface area contributed by atoms with Crippen molar-refractivity contribution in [1.82, 2.24) is 0 Å². The van der Waals surface area contributed by atoms with E-state index in [0.29, 0.717) is 24.2 Å². The second kappa shape index (κ2) is 16.4. The van der Waals surface area contributed by atoms with E-state index in [-0.39, 0.29) is 49.6 Å². The van der Waals surface area contributed by atoms with Gasteiger partial charge in [-0.2, -0.15) is 0 Å². The van der Waals surface area contributed by atoms with Gasteiger partial charge in [0.05, 0.1) is 0 Å². The standard InChI is InChI=1S/2C6H14N2.4ClH/c2*7-5-1-2-6(8)4-3-5;;;;/h2*5-6H,1-4,7-8H2;4*1H. The zero-order valence-corrected chi connectivity index (χ0v) is 15.2. The predicted octanol–water partition coefficient (Wildman–Crippen LogP) is 2.12. The van der Waals surface area contributed by atoms with E-state index >= 15 is 0 Å². The van der Waals surface area contributed by atoms with Crippen molar-refractivity contribution in [3.8, 4) is 0 Å². The zero-order valence-electron chi connectivity index (χ0n) is 11.9. The maximum atomic E-state index is 5.64. The van der Waals surface area contributed by atoms with Crippen LogP contribution in [0.25, 0.3) is 0 Å². The summed E-state index contributed by atoms with van der Waals surface area (Å²) in [5, 5.41) is 0. The summed E-state index contributed by atoms with van der Waals surface area (Å²) in [7, 11) is 0. The molecule has 0 radical (unpaired) electrons. The molecular formula is C12H32Cl4N4. The van der Waals surface area contributed by atoms with Crippen molar-refractivity contribution in [2.24, 2.45) is 22.9 Å². The Balaban J connectivity index is -0.000000107. The summed E-state index contributed by atoms with van der Waals surface area (Å²) in [6.45, 7) is 0. The van der Waals surface area contributed by atoms with Gasteiger partial charge in [-0.15, -0.1) is 49.6 Å². The van der Waals surface area contributed by atoms with Crippen LogP contribution in [-0.4, -0.2) is 24.2 Å². The van der Waals surface area contributed by atoms with Crippen LogP contribution in [0.2, 0.25) is 0 Å². The van der Waals surface area contributed by atoms with Crippen LogP contribution in [0.3, 0.4) is 0 Å². The quantitative estimate of drug-likeness (QED) is 0.521. The highest BCUT2D eigenvalue weighted by Gasteiger charge is 2.14. The van der Waals surface area contributed by atoms with Gasteiger partial charge in [0.1, 0.15) is 0 Å². The van der Waals surface area contributed by atoms with Crippen molar-refractivity contribution in [3.05, 3.63) is 0 Å². The van der Waals surface area contributed by atoms with E-state index in [1.807, 2.05) is 0 Å². The Labute approximate surface area is 148 Å². The second-order valence-electron chi connectivity index (χ2n) is 5.35. The van der Waals surface area contributed by atoms with E-state index in [2.05, 4.69) is 0 Å². The van der Waals surface area contributed by atoms with E-state index in [9.17, 15) is 0 Å². The molecule has 8 N–H and O–H groups in total. The van der Waals surface area contributed by atoms with E-state index in [1.165, 1.54) is 0 Å². The fraction of sp³-hybridized carbons (Fsp3) is 1.00. The highest BCUT2D eigenvalue weighted by atomic mass is 35.5. The van der Waals surface area contributed by atoms with Crippen LogP contribution in [0.4, 0.5) is 0 Å². The average molecular weight is 374 g/mol.